The summed E-state index contributed by atoms with van der Waals surface area (Å²) in [4.78, 5) is 44.3. The maximum absolute atomic E-state index is 14.5. The minimum absolute atomic E-state index is 0.0110. The molecule has 3 aromatic carbocycles. The summed E-state index contributed by atoms with van der Waals surface area (Å²) in [6.45, 7) is 2.57. The molecule has 2 heterocycles. The van der Waals surface area contributed by atoms with E-state index in [0.29, 0.717) is 16.1 Å². The number of hydrogen-bond acceptors (Lipinski definition) is 6. The van der Waals surface area contributed by atoms with Crippen molar-refractivity contribution in [2.75, 3.05) is 20.2 Å². The number of sulfonamides is 1. The monoisotopic (exact) mass is 672 g/mol. The first-order chi connectivity index (χ1) is 21.8. The molecule has 0 radical (unpaired) electrons. The van der Waals surface area contributed by atoms with Crippen LogP contribution in [0.5, 0.6) is 5.75 Å². The maximum atomic E-state index is 14.5. The molecule has 2 saturated heterocycles. The zero-order valence-electron chi connectivity index (χ0n) is 25.4. The largest absolute Gasteiger partial charge is 0.495 e. The molecule has 244 valence electrons. The number of carbonyl (C=O) groups is 3. The molecule has 3 unspecified atom stereocenters. The van der Waals surface area contributed by atoms with Gasteiger partial charge in [0.2, 0.25) is 21.8 Å². The van der Waals surface area contributed by atoms with E-state index in [1.165, 1.54) is 23.0 Å². The smallest absolute Gasteiger partial charge is 0.408 e. The Labute approximate surface area is 271 Å². The Bertz CT molecular complexity index is 1730. The first-order valence-corrected chi connectivity index (χ1v) is 16.4. The molecule has 2 aliphatic rings. The third kappa shape index (κ3) is 6.39. The second-order valence-corrected chi connectivity index (χ2v) is 13.7. The molecule has 3 aromatic rings. The predicted molar refractivity (Wildman–Crippen MR) is 167 cm³/mol. The fourth-order valence-corrected chi connectivity index (χ4v) is 7.87. The minimum Gasteiger partial charge on any atom is -0.495 e. The molecule has 0 aromatic heterocycles. The van der Waals surface area contributed by atoms with Gasteiger partial charge in [0.25, 0.3) is 0 Å². The lowest BCUT2D eigenvalue weighted by molar-refractivity contribution is -0.171. The van der Waals surface area contributed by atoms with Gasteiger partial charge in [-0.25, -0.2) is 17.6 Å². The molecule has 2 fully saturated rings. The van der Waals surface area contributed by atoms with Gasteiger partial charge < -0.3 is 19.6 Å². The molecule has 11 nitrogen and oxygen atoms in total. The lowest BCUT2D eigenvalue weighted by atomic mass is 9.96. The molecule has 2 aliphatic heterocycles. The molecule has 46 heavy (non-hydrogen) atoms. The molecular weight excluding hydrogens is 639 g/mol. The number of fused-ring (bicyclic) bond motifs is 1. The summed E-state index contributed by atoms with van der Waals surface area (Å²) in [5.74, 6) is -2.09. The van der Waals surface area contributed by atoms with Crippen LogP contribution in [-0.4, -0.2) is 94.9 Å². The van der Waals surface area contributed by atoms with Crippen LogP contribution in [0.4, 0.5) is 9.18 Å². The number of ether oxygens (including phenoxy) is 1. The fourth-order valence-electron chi connectivity index (χ4n) is 6.00. The van der Waals surface area contributed by atoms with Crippen molar-refractivity contribution in [1.29, 1.82) is 0 Å². The second-order valence-electron chi connectivity index (χ2n) is 11.4. The topological polar surface area (TPSA) is 128 Å². The summed E-state index contributed by atoms with van der Waals surface area (Å²) in [6, 6.07) is 15.2. The molecule has 5 rings (SSSR count). The van der Waals surface area contributed by atoms with E-state index in [4.69, 9.17) is 16.3 Å². The van der Waals surface area contributed by atoms with Crippen LogP contribution in [-0.2, 0) is 32.6 Å². The van der Waals surface area contributed by atoms with Crippen molar-refractivity contribution in [3.05, 3.63) is 94.8 Å². The van der Waals surface area contributed by atoms with E-state index in [1.807, 2.05) is 0 Å². The van der Waals surface area contributed by atoms with Gasteiger partial charge in [0.1, 0.15) is 34.7 Å². The number of methoxy groups -OCH3 is 1. The number of carboxylic acid groups (broad SMARTS) is 1. The number of amides is 3. The van der Waals surface area contributed by atoms with E-state index in [-0.39, 0.29) is 31.3 Å². The van der Waals surface area contributed by atoms with Crippen LogP contribution in [0.15, 0.2) is 77.7 Å². The van der Waals surface area contributed by atoms with E-state index in [1.54, 1.807) is 68.4 Å². The van der Waals surface area contributed by atoms with E-state index in [2.05, 4.69) is 0 Å². The third-order valence-corrected chi connectivity index (χ3v) is 10.4. The molecule has 1 N–H and O–H groups in total. The number of benzene rings is 3. The molecule has 0 aliphatic carbocycles. The summed E-state index contributed by atoms with van der Waals surface area (Å²) in [6.07, 6.45) is -2.67. The van der Waals surface area contributed by atoms with Gasteiger partial charge in [-0.05, 0) is 55.3 Å². The number of piperazine rings is 1. The van der Waals surface area contributed by atoms with Crippen LogP contribution in [0.1, 0.15) is 25.0 Å². The highest BCUT2D eigenvalue weighted by atomic mass is 35.5. The van der Waals surface area contributed by atoms with Gasteiger partial charge in [-0.15, -0.1) is 0 Å². The predicted octanol–water partition coefficient (Wildman–Crippen LogP) is 4.06. The van der Waals surface area contributed by atoms with Crippen LogP contribution in [0.3, 0.4) is 0 Å². The van der Waals surface area contributed by atoms with Crippen LogP contribution in [0.25, 0.3) is 0 Å². The van der Waals surface area contributed by atoms with E-state index in [9.17, 15) is 32.3 Å². The molecule has 3 atom stereocenters. The second kappa shape index (κ2) is 13.3. The fraction of sp³-hybridized carbons (Fsp3) is 0.344. The number of hydrogen-bond donors (Lipinski definition) is 1. The average Bonchev–Trinajstić information content (AvgIpc) is 3.02. The highest BCUT2D eigenvalue weighted by Crippen LogP contribution is 2.36. The highest BCUT2D eigenvalue weighted by molar-refractivity contribution is 7.89. The van der Waals surface area contributed by atoms with Gasteiger partial charge >= 0.3 is 6.09 Å². The van der Waals surface area contributed by atoms with Gasteiger partial charge in [0.05, 0.1) is 13.7 Å². The summed E-state index contributed by atoms with van der Waals surface area (Å²) in [5.41, 5.74) is 1.22. The van der Waals surface area contributed by atoms with Crippen molar-refractivity contribution >= 4 is 39.5 Å². The molecule has 0 bridgehead atoms. The lowest BCUT2D eigenvalue weighted by Gasteiger charge is -2.55. The van der Waals surface area contributed by atoms with Crippen molar-refractivity contribution in [3.8, 4) is 5.75 Å². The van der Waals surface area contributed by atoms with Crippen molar-refractivity contribution in [1.82, 2.24) is 19.0 Å². The first-order valence-electron chi connectivity index (χ1n) is 14.6. The zero-order chi connectivity index (χ0) is 33.3. The van der Waals surface area contributed by atoms with Crippen LogP contribution in [0, 0.1) is 5.82 Å². The number of nitrogens with zero attached hydrogens (tertiary/aromatic N) is 4. The van der Waals surface area contributed by atoms with Crippen LogP contribution in [0.2, 0.25) is 5.02 Å². The molecule has 0 spiro atoms. The SMILES string of the molecule is COc1ccc(F)cc1S(=O)(=O)N1CC(N(Cc2ccccc2)C(=O)O)C(=O)N2C(Cc3ccc(Cl)cc3)C(=O)N(C(C)C)CC21. The average molecular weight is 673 g/mol. The summed E-state index contributed by atoms with van der Waals surface area (Å²) >= 11 is 6.08. The van der Waals surface area contributed by atoms with Gasteiger partial charge in [0, 0.05) is 30.6 Å². The minimum atomic E-state index is -4.66. The lowest BCUT2D eigenvalue weighted by Crippen LogP contribution is -2.76. The van der Waals surface area contributed by atoms with Gasteiger partial charge in [-0.3, -0.25) is 14.5 Å². The number of rotatable bonds is 9. The van der Waals surface area contributed by atoms with Gasteiger partial charge in [-0.1, -0.05) is 54.1 Å². The third-order valence-electron chi connectivity index (χ3n) is 8.31. The Morgan fingerprint density at radius 2 is 1.70 bits per heavy atom. The molecular formula is C32H34ClFN4O7S. The molecule has 14 heteroatoms. The maximum Gasteiger partial charge on any atom is 0.408 e. The first kappa shape index (κ1) is 33.2. The van der Waals surface area contributed by atoms with Crippen LogP contribution >= 0.6 is 11.6 Å². The molecule has 3 amide bonds. The van der Waals surface area contributed by atoms with Crippen molar-refractivity contribution in [2.24, 2.45) is 0 Å². The van der Waals surface area contributed by atoms with Crippen molar-refractivity contribution in [2.45, 2.75) is 56.0 Å². The van der Waals surface area contributed by atoms with Gasteiger partial charge in [-0.2, -0.15) is 4.31 Å². The molecule has 0 saturated carbocycles. The Hall–Kier alpha value is -4.20. The Morgan fingerprint density at radius 1 is 1.02 bits per heavy atom. The Kier molecular flexibility index (Phi) is 9.57. The highest BCUT2D eigenvalue weighted by Gasteiger charge is 2.56. The van der Waals surface area contributed by atoms with Crippen LogP contribution < -0.4 is 4.74 Å². The zero-order valence-corrected chi connectivity index (χ0v) is 27.0. The number of halogens is 2. The van der Waals surface area contributed by atoms with E-state index >= 15 is 0 Å². The number of carbonyl (C=O) groups excluding carboxylic acids is 2. The Morgan fingerprint density at radius 3 is 2.30 bits per heavy atom. The quantitative estimate of drug-likeness (QED) is 0.363. The van der Waals surface area contributed by atoms with E-state index in [0.717, 1.165) is 21.3 Å². The summed E-state index contributed by atoms with van der Waals surface area (Å²) in [5, 5.41) is 10.8. The van der Waals surface area contributed by atoms with E-state index < -0.39 is 63.4 Å². The normalized spacial score (nSPS) is 20.5. The van der Waals surface area contributed by atoms with Gasteiger partial charge in [0.15, 0.2) is 0 Å². The summed E-state index contributed by atoms with van der Waals surface area (Å²) < 4.78 is 49.8. The Balaban J connectivity index is 1.68. The standard InChI is InChI=1S/C32H34ClFN4O7S/c1-20(2)35-19-29-37(46(43,44)28-16-24(34)13-14-27(28)45-3)18-26(36(32(41)42)17-22-7-5-4-6-8-22)31(40)38(29)25(30(35)39)15-21-9-11-23(33)12-10-21/h4-14,16,20,25-26,29H,15,17-19H2,1-3H3,(H,41,42). The van der Waals surface area contributed by atoms with Crippen molar-refractivity contribution in [3.63, 3.8) is 0 Å². The summed E-state index contributed by atoms with van der Waals surface area (Å²) in [7, 11) is -3.41. The van der Waals surface area contributed by atoms with Crippen molar-refractivity contribution < 1.29 is 37.0 Å².